The fourth-order valence-electron chi connectivity index (χ4n) is 1.87. The first kappa shape index (κ1) is 16.7. The SMILES string of the molecule is CC(C)(C)SNC(c1ccc(Cl)cc1)c1ccc(Cl)cc1. The molecule has 0 bridgehead atoms. The van der Waals surface area contributed by atoms with Gasteiger partial charge in [0.25, 0.3) is 0 Å². The van der Waals surface area contributed by atoms with Crippen LogP contribution in [-0.4, -0.2) is 4.75 Å². The van der Waals surface area contributed by atoms with Crippen molar-refractivity contribution in [3.63, 3.8) is 0 Å². The molecule has 2 aromatic carbocycles. The van der Waals surface area contributed by atoms with Crippen LogP contribution in [0.1, 0.15) is 37.9 Å². The van der Waals surface area contributed by atoms with Crippen molar-refractivity contribution in [2.24, 2.45) is 0 Å². The molecule has 0 saturated carbocycles. The van der Waals surface area contributed by atoms with Gasteiger partial charge in [-0.1, -0.05) is 59.4 Å². The van der Waals surface area contributed by atoms with Crippen LogP contribution >= 0.6 is 35.1 Å². The highest BCUT2D eigenvalue weighted by molar-refractivity contribution is 7.98. The molecule has 0 aliphatic carbocycles. The van der Waals surface area contributed by atoms with E-state index in [9.17, 15) is 0 Å². The maximum absolute atomic E-state index is 5.99. The highest BCUT2D eigenvalue weighted by Gasteiger charge is 2.18. The van der Waals surface area contributed by atoms with Gasteiger partial charge in [-0.2, -0.15) is 0 Å². The molecule has 1 nitrogen and oxygen atoms in total. The summed E-state index contributed by atoms with van der Waals surface area (Å²) in [6.45, 7) is 6.56. The summed E-state index contributed by atoms with van der Waals surface area (Å²) >= 11 is 13.7. The number of hydrogen-bond donors (Lipinski definition) is 1. The lowest BCUT2D eigenvalue weighted by Crippen LogP contribution is -2.22. The molecule has 0 aromatic heterocycles. The zero-order chi connectivity index (χ0) is 15.5. The van der Waals surface area contributed by atoms with Gasteiger partial charge in [0.05, 0.1) is 6.04 Å². The van der Waals surface area contributed by atoms with Crippen LogP contribution in [0.2, 0.25) is 10.0 Å². The van der Waals surface area contributed by atoms with Crippen LogP contribution in [0, 0.1) is 0 Å². The molecule has 0 amide bonds. The Morgan fingerprint density at radius 1 is 0.810 bits per heavy atom. The van der Waals surface area contributed by atoms with Crippen LogP contribution in [0.5, 0.6) is 0 Å². The molecule has 0 spiro atoms. The highest BCUT2D eigenvalue weighted by Crippen LogP contribution is 2.30. The van der Waals surface area contributed by atoms with Crippen molar-refractivity contribution < 1.29 is 0 Å². The molecule has 2 rings (SSSR count). The Kier molecular flexibility index (Phi) is 5.61. The van der Waals surface area contributed by atoms with Crippen LogP contribution in [0.15, 0.2) is 48.5 Å². The largest absolute Gasteiger partial charge is 0.252 e. The van der Waals surface area contributed by atoms with Gasteiger partial charge in [-0.25, -0.2) is 0 Å². The molecule has 0 atom stereocenters. The van der Waals surface area contributed by atoms with Crippen molar-refractivity contribution in [1.82, 2.24) is 4.72 Å². The topological polar surface area (TPSA) is 12.0 Å². The summed E-state index contributed by atoms with van der Waals surface area (Å²) in [5, 5.41) is 1.49. The molecule has 0 unspecified atom stereocenters. The normalized spacial score (nSPS) is 11.9. The van der Waals surface area contributed by atoms with Crippen LogP contribution < -0.4 is 4.72 Å². The molecule has 21 heavy (non-hydrogen) atoms. The molecule has 0 fully saturated rings. The molecule has 2 aromatic rings. The number of rotatable bonds is 4. The van der Waals surface area contributed by atoms with E-state index < -0.39 is 0 Å². The first-order chi connectivity index (χ1) is 9.85. The average molecular weight is 340 g/mol. The van der Waals surface area contributed by atoms with E-state index in [0.717, 1.165) is 10.0 Å². The Morgan fingerprint density at radius 3 is 1.52 bits per heavy atom. The van der Waals surface area contributed by atoms with E-state index in [4.69, 9.17) is 23.2 Å². The number of hydrogen-bond acceptors (Lipinski definition) is 2. The van der Waals surface area contributed by atoms with E-state index >= 15 is 0 Å². The fraction of sp³-hybridized carbons (Fsp3) is 0.294. The first-order valence-corrected chi connectivity index (χ1v) is 8.37. The van der Waals surface area contributed by atoms with Crippen molar-refractivity contribution >= 4 is 35.1 Å². The monoisotopic (exact) mass is 339 g/mol. The molecule has 0 heterocycles. The second-order valence-electron chi connectivity index (χ2n) is 5.87. The zero-order valence-corrected chi connectivity index (χ0v) is 14.7. The molecule has 112 valence electrons. The summed E-state index contributed by atoms with van der Waals surface area (Å²) in [5.74, 6) is 0. The van der Waals surface area contributed by atoms with Gasteiger partial charge < -0.3 is 0 Å². The Hall–Kier alpha value is -0.670. The van der Waals surface area contributed by atoms with Gasteiger partial charge >= 0.3 is 0 Å². The lowest BCUT2D eigenvalue weighted by Gasteiger charge is -2.25. The van der Waals surface area contributed by atoms with Gasteiger partial charge in [-0.15, -0.1) is 0 Å². The Balaban J connectivity index is 2.29. The minimum Gasteiger partial charge on any atom is -0.252 e. The summed E-state index contributed by atoms with van der Waals surface area (Å²) in [6, 6.07) is 16.0. The van der Waals surface area contributed by atoms with E-state index in [1.165, 1.54) is 11.1 Å². The van der Waals surface area contributed by atoms with Gasteiger partial charge in [0, 0.05) is 14.8 Å². The van der Waals surface area contributed by atoms with E-state index in [2.05, 4.69) is 49.8 Å². The number of benzene rings is 2. The molecule has 0 aliphatic rings. The highest BCUT2D eigenvalue weighted by atomic mass is 35.5. The summed E-state index contributed by atoms with van der Waals surface area (Å²) in [7, 11) is 0. The van der Waals surface area contributed by atoms with Crippen LogP contribution in [0.4, 0.5) is 0 Å². The fourth-order valence-corrected chi connectivity index (χ4v) is 2.87. The van der Waals surface area contributed by atoms with Crippen molar-refractivity contribution in [1.29, 1.82) is 0 Å². The maximum atomic E-state index is 5.99. The molecule has 0 radical (unpaired) electrons. The van der Waals surface area contributed by atoms with Gasteiger partial charge in [-0.05, 0) is 56.2 Å². The average Bonchev–Trinajstić information content (AvgIpc) is 2.41. The van der Waals surface area contributed by atoms with E-state index in [1.807, 2.05) is 24.3 Å². The quantitative estimate of drug-likeness (QED) is 0.673. The molecular formula is C17H19Cl2NS. The Morgan fingerprint density at radius 2 is 1.19 bits per heavy atom. The molecule has 0 saturated heterocycles. The van der Waals surface area contributed by atoms with Gasteiger partial charge in [0.1, 0.15) is 0 Å². The summed E-state index contributed by atoms with van der Waals surface area (Å²) in [6.07, 6.45) is 0. The molecule has 4 heteroatoms. The predicted octanol–water partition coefficient (Wildman–Crippen LogP) is 6.12. The van der Waals surface area contributed by atoms with Crippen LogP contribution in [0.25, 0.3) is 0 Å². The first-order valence-electron chi connectivity index (χ1n) is 6.79. The van der Waals surface area contributed by atoms with Crippen LogP contribution in [0.3, 0.4) is 0 Å². The van der Waals surface area contributed by atoms with Crippen LogP contribution in [-0.2, 0) is 0 Å². The van der Waals surface area contributed by atoms with E-state index in [1.54, 1.807) is 11.9 Å². The lowest BCUT2D eigenvalue weighted by molar-refractivity contribution is 0.752. The predicted molar refractivity (Wildman–Crippen MR) is 95.2 cm³/mol. The Bertz CT molecular complexity index is 528. The maximum Gasteiger partial charge on any atom is 0.0671 e. The molecule has 0 aliphatic heterocycles. The van der Waals surface area contributed by atoms with E-state index in [-0.39, 0.29) is 10.8 Å². The third-order valence-electron chi connectivity index (χ3n) is 2.89. The molecular weight excluding hydrogens is 321 g/mol. The molecule has 1 N–H and O–H groups in total. The zero-order valence-electron chi connectivity index (χ0n) is 12.4. The van der Waals surface area contributed by atoms with Gasteiger partial charge in [0.15, 0.2) is 0 Å². The Labute approximate surface area is 141 Å². The van der Waals surface area contributed by atoms with Gasteiger partial charge in [0.2, 0.25) is 0 Å². The second-order valence-corrected chi connectivity index (χ2v) is 8.41. The third kappa shape index (κ3) is 5.23. The summed E-state index contributed by atoms with van der Waals surface area (Å²) in [5.41, 5.74) is 2.36. The second kappa shape index (κ2) is 7.06. The summed E-state index contributed by atoms with van der Waals surface area (Å²) in [4.78, 5) is 0. The minimum absolute atomic E-state index is 0.101. The third-order valence-corrected chi connectivity index (χ3v) is 4.36. The van der Waals surface area contributed by atoms with Gasteiger partial charge in [-0.3, -0.25) is 4.72 Å². The van der Waals surface area contributed by atoms with Crippen molar-refractivity contribution in [3.05, 3.63) is 69.7 Å². The number of halogens is 2. The standard InChI is InChI=1S/C17H19Cl2NS/c1-17(2,3)21-20-16(12-4-8-14(18)9-5-12)13-6-10-15(19)11-7-13/h4-11,16,20H,1-3H3. The van der Waals surface area contributed by atoms with Crippen molar-refractivity contribution in [2.45, 2.75) is 31.6 Å². The summed E-state index contributed by atoms with van der Waals surface area (Å²) < 4.78 is 3.70. The van der Waals surface area contributed by atoms with Crippen molar-refractivity contribution in [3.8, 4) is 0 Å². The smallest absolute Gasteiger partial charge is 0.0671 e. The van der Waals surface area contributed by atoms with Crippen molar-refractivity contribution in [2.75, 3.05) is 0 Å². The lowest BCUT2D eigenvalue weighted by atomic mass is 10.00. The number of nitrogens with one attached hydrogen (secondary N) is 1. The minimum atomic E-state index is 0.101. The van der Waals surface area contributed by atoms with E-state index in [0.29, 0.717) is 0 Å².